The van der Waals surface area contributed by atoms with Crippen molar-refractivity contribution in [2.45, 2.75) is 30.3 Å². The Morgan fingerprint density at radius 2 is 2.18 bits per heavy atom. The highest BCUT2D eigenvalue weighted by molar-refractivity contribution is 8.76. The van der Waals surface area contributed by atoms with Gasteiger partial charge >= 0.3 is 0 Å². The number of nitrogens with two attached hydrogens (primary N) is 1. The molecule has 1 aromatic heterocycles. The van der Waals surface area contributed by atoms with Crippen LogP contribution in [0.3, 0.4) is 0 Å². The van der Waals surface area contributed by atoms with Crippen LogP contribution in [0.15, 0.2) is 30.5 Å². The fourth-order valence-electron chi connectivity index (χ4n) is 5.15. The summed E-state index contributed by atoms with van der Waals surface area (Å²) in [6, 6.07) is 8.14. The number of primary amides is 1. The summed E-state index contributed by atoms with van der Waals surface area (Å²) in [6.07, 6.45) is 3.67. The lowest BCUT2D eigenvalue weighted by atomic mass is 9.76. The van der Waals surface area contributed by atoms with Crippen molar-refractivity contribution in [3.63, 3.8) is 0 Å². The van der Waals surface area contributed by atoms with Crippen LogP contribution in [0.5, 0.6) is 0 Å². The van der Waals surface area contributed by atoms with Crippen LogP contribution in [0.25, 0.3) is 0 Å². The minimum Gasteiger partial charge on any atom is -0.369 e. The second kappa shape index (κ2) is 7.22. The fraction of sp³-hybridized carbons (Fsp3) is 0.450. The van der Waals surface area contributed by atoms with E-state index in [0.717, 1.165) is 24.3 Å². The molecule has 1 aromatic carbocycles. The number of anilines is 2. The first-order chi connectivity index (χ1) is 13.6. The van der Waals surface area contributed by atoms with E-state index in [1.165, 1.54) is 11.8 Å². The van der Waals surface area contributed by atoms with E-state index in [-0.39, 0.29) is 17.7 Å². The van der Waals surface area contributed by atoms with E-state index in [4.69, 9.17) is 5.73 Å². The Morgan fingerprint density at radius 1 is 1.29 bits per heavy atom. The normalized spacial score (nSPS) is 31.1. The van der Waals surface area contributed by atoms with Gasteiger partial charge in [-0.1, -0.05) is 33.7 Å². The average Bonchev–Trinajstić information content (AvgIpc) is 3.22. The summed E-state index contributed by atoms with van der Waals surface area (Å²) < 4.78 is 14.5. The summed E-state index contributed by atoms with van der Waals surface area (Å²) in [6.45, 7) is 0. The summed E-state index contributed by atoms with van der Waals surface area (Å²) in [7, 11) is 3.77. The smallest absolute Gasteiger partial charge is 0.227 e. The highest BCUT2D eigenvalue weighted by Gasteiger charge is 2.54. The van der Waals surface area contributed by atoms with Crippen molar-refractivity contribution >= 4 is 39.1 Å². The van der Waals surface area contributed by atoms with Gasteiger partial charge in [0, 0.05) is 22.6 Å². The molecule has 3 aliphatic rings. The van der Waals surface area contributed by atoms with E-state index in [2.05, 4.69) is 27.4 Å². The number of aromatic nitrogens is 2. The molecule has 2 aromatic rings. The summed E-state index contributed by atoms with van der Waals surface area (Å²) in [4.78, 5) is 20.7. The maximum Gasteiger partial charge on any atom is 0.227 e. The largest absolute Gasteiger partial charge is 0.369 e. The lowest BCUT2D eigenvalue weighted by molar-refractivity contribution is -0.125. The predicted octanol–water partition coefficient (Wildman–Crippen LogP) is 3.92. The first-order valence-corrected chi connectivity index (χ1v) is 11.9. The molecular weight excluding hydrogens is 395 g/mol. The van der Waals surface area contributed by atoms with Gasteiger partial charge in [-0.15, -0.1) is 0 Å². The van der Waals surface area contributed by atoms with Crippen LogP contribution in [-0.4, -0.2) is 21.1 Å². The van der Waals surface area contributed by atoms with E-state index >= 15 is 0 Å². The molecule has 2 aliphatic carbocycles. The first kappa shape index (κ1) is 18.2. The lowest BCUT2D eigenvalue weighted by Gasteiger charge is -2.33. The third-order valence-corrected chi connectivity index (χ3v) is 9.16. The lowest BCUT2D eigenvalue weighted by Crippen LogP contribution is -2.39. The molecule has 146 valence electrons. The second-order valence-electron chi connectivity index (χ2n) is 7.90. The molecule has 2 heterocycles. The first-order valence-electron chi connectivity index (χ1n) is 9.53. The standard InChI is InChI=1S/C20H21FN4OS2/c21-15-8-23-20-24-12-3-1-2-10(4-12)9-27-28-17-6-11-5-13(17)14(7-16(15)25-20)18(11)19(22)26/h1-4,8,11,13-14,17-18H,5-7,9H2,(H2,22,26)(H,23,24,25)/t11-,13-,14+,17+,18-/m0/s1. The minimum atomic E-state index is -0.420. The van der Waals surface area contributed by atoms with E-state index < -0.39 is 5.82 Å². The highest BCUT2D eigenvalue weighted by atomic mass is 33.1. The molecule has 2 fully saturated rings. The second-order valence-corrected chi connectivity index (χ2v) is 10.5. The summed E-state index contributed by atoms with van der Waals surface area (Å²) in [5.74, 6) is 1.17. The maximum absolute atomic E-state index is 14.5. The number of carbonyl (C=O) groups is 1. The molecule has 2 saturated carbocycles. The molecule has 28 heavy (non-hydrogen) atoms. The maximum atomic E-state index is 14.5. The molecule has 0 radical (unpaired) electrons. The summed E-state index contributed by atoms with van der Waals surface area (Å²) in [5.41, 5.74) is 8.22. The van der Waals surface area contributed by atoms with E-state index in [9.17, 15) is 9.18 Å². The van der Waals surface area contributed by atoms with Crippen LogP contribution in [0.2, 0.25) is 0 Å². The molecule has 5 nitrogen and oxygen atoms in total. The number of nitrogens with zero attached hydrogens (tertiary/aromatic N) is 2. The number of nitrogens with one attached hydrogen (secondary N) is 1. The number of carbonyl (C=O) groups excluding carboxylic acids is 1. The number of hydrogen-bond acceptors (Lipinski definition) is 6. The molecule has 1 aliphatic heterocycles. The monoisotopic (exact) mass is 416 g/mol. The average molecular weight is 417 g/mol. The van der Waals surface area contributed by atoms with Crippen LogP contribution < -0.4 is 11.1 Å². The van der Waals surface area contributed by atoms with Gasteiger partial charge in [0.05, 0.1) is 11.9 Å². The van der Waals surface area contributed by atoms with Crippen LogP contribution in [0.1, 0.15) is 24.1 Å². The number of benzene rings is 1. The van der Waals surface area contributed by atoms with Gasteiger partial charge in [0.25, 0.3) is 0 Å². The fourth-order valence-corrected chi connectivity index (χ4v) is 8.29. The zero-order valence-corrected chi connectivity index (χ0v) is 16.8. The minimum absolute atomic E-state index is 0.0485. The predicted molar refractivity (Wildman–Crippen MR) is 110 cm³/mol. The SMILES string of the molecule is NC(=O)[C@H]1[C@H]2C[C@H]3[C@H]1Cc1nc(ncc1F)Nc1cccc(c1)CSS[C@@H]3C2. The number of fused-ring (bicyclic) bond motifs is 5. The Kier molecular flexibility index (Phi) is 4.71. The van der Waals surface area contributed by atoms with Gasteiger partial charge in [-0.2, -0.15) is 0 Å². The molecule has 1 amide bonds. The van der Waals surface area contributed by atoms with Gasteiger partial charge in [-0.25, -0.2) is 14.4 Å². The van der Waals surface area contributed by atoms with Gasteiger partial charge in [0.1, 0.15) is 0 Å². The van der Waals surface area contributed by atoms with Crippen molar-refractivity contribution in [3.8, 4) is 0 Å². The van der Waals surface area contributed by atoms with Crippen molar-refractivity contribution in [3.05, 3.63) is 47.5 Å². The van der Waals surface area contributed by atoms with E-state index in [1.807, 2.05) is 33.7 Å². The van der Waals surface area contributed by atoms with E-state index in [1.54, 1.807) is 0 Å². The van der Waals surface area contributed by atoms with Gasteiger partial charge < -0.3 is 11.1 Å². The van der Waals surface area contributed by atoms with Crippen molar-refractivity contribution < 1.29 is 9.18 Å². The molecule has 0 saturated heterocycles. The van der Waals surface area contributed by atoms with Gasteiger partial charge in [-0.3, -0.25) is 4.79 Å². The van der Waals surface area contributed by atoms with Crippen LogP contribution in [0.4, 0.5) is 16.0 Å². The van der Waals surface area contributed by atoms with Crippen molar-refractivity contribution in [1.82, 2.24) is 9.97 Å². The molecule has 0 spiro atoms. The van der Waals surface area contributed by atoms with Crippen LogP contribution >= 0.6 is 21.6 Å². The van der Waals surface area contributed by atoms with Crippen molar-refractivity contribution in [2.24, 2.45) is 29.4 Å². The third-order valence-electron chi connectivity index (χ3n) is 6.28. The van der Waals surface area contributed by atoms with E-state index in [0.29, 0.717) is 35.1 Å². The third kappa shape index (κ3) is 3.26. The quantitative estimate of drug-likeness (QED) is 0.686. The zero-order valence-electron chi connectivity index (χ0n) is 15.2. The number of amides is 1. The number of halogens is 1. The van der Waals surface area contributed by atoms with Crippen molar-refractivity contribution in [2.75, 3.05) is 5.32 Å². The van der Waals surface area contributed by atoms with Gasteiger partial charge in [0.15, 0.2) is 5.82 Å². The zero-order chi connectivity index (χ0) is 19.3. The molecule has 0 unspecified atom stereocenters. The van der Waals surface area contributed by atoms with Crippen molar-refractivity contribution in [1.29, 1.82) is 0 Å². The number of hydrogen-bond donors (Lipinski definition) is 2. The molecular formula is C20H21FN4OS2. The van der Waals surface area contributed by atoms with Gasteiger partial charge in [0.2, 0.25) is 11.9 Å². The summed E-state index contributed by atoms with van der Waals surface area (Å²) in [5, 5.41) is 3.66. The molecule has 5 rings (SSSR count). The summed E-state index contributed by atoms with van der Waals surface area (Å²) >= 11 is 0. The Hall–Kier alpha value is -1.80. The molecule has 3 N–H and O–H groups in total. The van der Waals surface area contributed by atoms with Gasteiger partial charge in [-0.05, 0) is 54.7 Å². The molecule has 8 heteroatoms. The topological polar surface area (TPSA) is 80.9 Å². The molecule has 5 atom stereocenters. The number of rotatable bonds is 1. The van der Waals surface area contributed by atoms with Crippen LogP contribution in [0, 0.1) is 29.5 Å². The Labute approximate surface area is 170 Å². The Balaban J connectivity index is 1.54. The Morgan fingerprint density at radius 3 is 3.04 bits per heavy atom. The highest BCUT2D eigenvalue weighted by Crippen LogP contribution is 2.58. The van der Waals surface area contributed by atoms with Crippen LogP contribution in [-0.2, 0) is 17.0 Å². The molecule has 6 bridgehead atoms. The Bertz CT molecular complexity index is 927.